The molecule has 0 bridgehead atoms. The van der Waals surface area contributed by atoms with Crippen LogP contribution in [0.2, 0.25) is 0 Å². The van der Waals surface area contributed by atoms with E-state index in [2.05, 4.69) is 4.98 Å². The summed E-state index contributed by atoms with van der Waals surface area (Å²) in [5, 5.41) is 1.92. The lowest BCUT2D eigenvalue weighted by Crippen LogP contribution is -2.43. The van der Waals surface area contributed by atoms with E-state index in [0.717, 1.165) is 12.8 Å². The molecule has 1 aromatic rings. The zero-order valence-electron chi connectivity index (χ0n) is 12.0. The van der Waals surface area contributed by atoms with Gasteiger partial charge in [-0.1, -0.05) is 0 Å². The largest absolute Gasteiger partial charge is 0.444 e. The van der Waals surface area contributed by atoms with Gasteiger partial charge in [-0.3, -0.25) is 4.21 Å². The van der Waals surface area contributed by atoms with Crippen molar-refractivity contribution in [2.24, 2.45) is 0 Å². The third-order valence-electron chi connectivity index (χ3n) is 2.98. The van der Waals surface area contributed by atoms with Crippen molar-refractivity contribution in [3.05, 3.63) is 11.6 Å². The Bertz CT molecular complexity index is 474. The lowest BCUT2D eigenvalue weighted by Gasteiger charge is -2.32. The molecule has 1 amide bonds. The van der Waals surface area contributed by atoms with Gasteiger partial charge < -0.3 is 9.64 Å². The first-order valence-electron chi connectivity index (χ1n) is 6.65. The maximum Gasteiger partial charge on any atom is 0.410 e. The van der Waals surface area contributed by atoms with E-state index in [1.165, 1.54) is 11.3 Å². The van der Waals surface area contributed by atoms with Crippen molar-refractivity contribution in [2.75, 3.05) is 13.1 Å². The van der Waals surface area contributed by atoms with Crippen LogP contribution in [0.4, 0.5) is 4.79 Å². The van der Waals surface area contributed by atoms with E-state index in [1.807, 2.05) is 26.2 Å². The van der Waals surface area contributed by atoms with E-state index in [4.69, 9.17) is 4.74 Å². The van der Waals surface area contributed by atoms with Gasteiger partial charge in [0.1, 0.15) is 5.60 Å². The first kappa shape index (κ1) is 15.4. The fourth-order valence-electron chi connectivity index (χ4n) is 2.03. The Morgan fingerprint density at radius 2 is 2.10 bits per heavy atom. The Labute approximate surface area is 125 Å². The summed E-state index contributed by atoms with van der Waals surface area (Å²) in [4.78, 5) is 17.7. The zero-order chi connectivity index (χ0) is 14.8. The molecule has 2 rings (SSSR count). The molecule has 1 aliphatic rings. The average Bonchev–Trinajstić information content (AvgIpc) is 2.90. The van der Waals surface area contributed by atoms with E-state index >= 15 is 0 Å². The third kappa shape index (κ3) is 4.02. The Hall–Kier alpha value is -0.950. The molecule has 0 radical (unpaired) electrons. The highest BCUT2D eigenvalue weighted by Crippen LogP contribution is 2.23. The number of ether oxygens (including phenoxy) is 1. The van der Waals surface area contributed by atoms with E-state index in [0.29, 0.717) is 17.4 Å². The average molecular weight is 316 g/mol. The Morgan fingerprint density at radius 1 is 1.45 bits per heavy atom. The van der Waals surface area contributed by atoms with Crippen molar-refractivity contribution >= 4 is 28.2 Å². The van der Waals surface area contributed by atoms with Gasteiger partial charge in [0.15, 0.2) is 4.34 Å². The number of nitrogens with zero attached hydrogens (tertiary/aromatic N) is 2. The van der Waals surface area contributed by atoms with E-state index in [9.17, 15) is 9.00 Å². The van der Waals surface area contributed by atoms with Crippen molar-refractivity contribution in [3.8, 4) is 0 Å². The van der Waals surface area contributed by atoms with Gasteiger partial charge in [0.25, 0.3) is 0 Å². The molecule has 112 valence electrons. The molecule has 0 aromatic carbocycles. The van der Waals surface area contributed by atoms with Gasteiger partial charge in [0.2, 0.25) is 0 Å². The lowest BCUT2D eigenvalue weighted by molar-refractivity contribution is 0.0218. The highest BCUT2D eigenvalue weighted by Gasteiger charge is 2.30. The van der Waals surface area contributed by atoms with Crippen LogP contribution < -0.4 is 0 Å². The Kier molecular flexibility index (Phi) is 4.80. The van der Waals surface area contributed by atoms with Gasteiger partial charge in [-0.05, 0) is 33.6 Å². The second kappa shape index (κ2) is 6.22. The minimum absolute atomic E-state index is 0.0832. The van der Waals surface area contributed by atoms with Crippen LogP contribution in [-0.2, 0) is 15.5 Å². The highest BCUT2D eigenvalue weighted by molar-refractivity contribution is 7.87. The molecule has 2 heterocycles. The second-order valence-corrected chi connectivity index (χ2v) is 8.56. The van der Waals surface area contributed by atoms with Gasteiger partial charge in [0.05, 0.1) is 10.8 Å². The summed E-state index contributed by atoms with van der Waals surface area (Å²) >= 11 is 1.42. The van der Waals surface area contributed by atoms with Crippen molar-refractivity contribution in [3.63, 3.8) is 0 Å². The standard InChI is InChI=1S/C13H20N2O3S2/c1-13(2,3)18-12(16)15-7-4-10(5-8-15)20(17)11-14-6-9-19-11/h6,9-10H,4-5,7-8H2,1-3H3/t20-/m1/s1. The molecule has 0 N–H and O–H groups in total. The van der Waals surface area contributed by atoms with Crippen molar-refractivity contribution in [2.45, 2.75) is 48.8 Å². The van der Waals surface area contributed by atoms with Gasteiger partial charge in [-0.25, -0.2) is 9.78 Å². The third-order valence-corrected chi connectivity index (χ3v) is 5.85. The summed E-state index contributed by atoms with van der Waals surface area (Å²) in [6.07, 6.45) is 2.85. The Balaban J connectivity index is 1.86. The predicted molar refractivity (Wildman–Crippen MR) is 79.4 cm³/mol. The van der Waals surface area contributed by atoms with E-state index < -0.39 is 16.4 Å². The molecule has 0 aliphatic carbocycles. The number of hydrogen-bond donors (Lipinski definition) is 0. The quantitative estimate of drug-likeness (QED) is 0.841. The van der Waals surface area contributed by atoms with Crippen LogP contribution in [0.15, 0.2) is 15.9 Å². The molecule has 0 unspecified atom stereocenters. The molecule has 1 atom stereocenters. The molecule has 1 aromatic heterocycles. The fraction of sp³-hybridized carbons (Fsp3) is 0.692. The summed E-state index contributed by atoms with van der Waals surface area (Å²) in [5.41, 5.74) is -0.475. The van der Waals surface area contributed by atoms with Crippen LogP contribution in [0.3, 0.4) is 0 Å². The van der Waals surface area contributed by atoms with Gasteiger partial charge in [0, 0.05) is 29.9 Å². The number of likely N-dealkylation sites (tertiary alicyclic amines) is 1. The molecular weight excluding hydrogens is 296 g/mol. The fourth-order valence-corrected chi connectivity index (χ4v) is 4.43. The summed E-state index contributed by atoms with van der Waals surface area (Å²) in [6, 6.07) is 0. The summed E-state index contributed by atoms with van der Waals surface area (Å²) in [6.45, 7) is 6.76. The molecule has 1 saturated heterocycles. The minimum atomic E-state index is -1.06. The van der Waals surface area contributed by atoms with Gasteiger partial charge in [-0.2, -0.15) is 0 Å². The predicted octanol–water partition coefficient (Wildman–Crippen LogP) is 2.65. The molecule has 5 nitrogen and oxygen atoms in total. The highest BCUT2D eigenvalue weighted by atomic mass is 32.2. The number of piperidine rings is 1. The van der Waals surface area contributed by atoms with Crippen LogP contribution in [0.25, 0.3) is 0 Å². The summed E-state index contributed by atoms with van der Waals surface area (Å²) in [5.74, 6) is 0. The number of thiazole rings is 1. The molecular formula is C13H20N2O3S2. The van der Waals surface area contributed by atoms with E-state index in [-0.39, 0.29) is 11.3 Å². The first-order chi connectivity index (χ1) is 9.37. The number of carbonyl (C=O) groups is 1. The molecule has 20 heavy (non-hydrogen) atoms. The van der Waals surface area contributed by atoms with Gasteiger partial charge >= 0.3 is 6.09 Å². The normalized spacial score (nSPS) is 18.9. The van der Waals surface area contributed by atoms with Crippen LogP contribution in [-0.4, -0.2) is 44.1 Å². The van der Waals surface area contributed by atoms with Crippen LogP contribution in [0, 0.1) is 0 Å². The number of rotatable bonds is 2. The van der Waals surface area contributed by atoms with Crippen LogP contribution in [0.1, 0.15) is 33.6 Å². The smallest absolute Gasteiger partial charge is 0.410 e. The maximum absolute atomic E-state index is 12.3. The van der Waals surface area contributed by atoms with Crippen molar-refractivity contribution in [1.29, 1.82) is 0 Å². The number of hydrogen-bond acceptors (Lipinski definition) is 5. The van der Waals surface area contributed by atoms with Gasteiger partial charge in [-0.15, -0.1) is 11.3 Å². The zero-order valence-corrected chi connectivity index (χ0v) is 13.6. The Morgan fingerprint density at radius 3 is 2.60 bits per heavy atom. The maximum atomic E-state index is 12.3. The van der Waals surface area contributed by atoms with Crippen LogP contribution in [0.5, 0.6) is 0 Å². The van der Waals surface area contributed by atoms with Crippen LogP contribution >= 0.6 is 11.3 Å². The number of amides is 1. The molecule has 1 fully saturated rings. The molecule has 0 saturated carbocycles. The first-order valence-corrected chi connectivity index (χ1v) is 8.74. The second-order valence-electron chi connectivity index (χ2n) is 5.76. The SMILES string of the molecule is CC(C)(C)OC(=O)N1CCC([S@@](=O)c2nccs2)CC1. The topological polar surface area (TPSA) is 59.5 Å². The summed E-state index contributed by atoms with van der Waals surface area (Å²) in [7, 11) is -1.06. The number of aromatic nitrogens is 1. The van der Waals surface area contributed by atoms with Crippen molar-refractivity contribution in [1.82, 2.24) is 9.88 Å². The summed E-state index contributed by atoms with van der Waals surface area (Å²) < 4.78 is 18.3. The molecule has 0 spiro atoms. The van der Waals surface area contributed by atoms with Crippen molar-refractivity contribution < 1.29 is 13.7 Å². The lowest BCUT2D eigenvalue weighted by atomic mass is 10.1. The molecule has 1 aliphatic heterocycles. The minimum Gasteiger partial charge on any atom is -0.444 e. The molecule has 7 heteroatoms. The van der Waals surface area contributed by atoms with E-state index in [1.54, 1.807) is 11.1 Å². The monoisotopic (exact) mass is 316 g/mol. The number of carbonyl (C=O) groups excluding carboxylic acids is 1.